The highest BCUT2D eigenvalue weighted by molar-refractivity contribution is 7.99. The van der Waals surface area contributed by atoms with Crippen molar-refractivity contribution in [3.8, 4) is 5.75 Å². The Morgan fingerprint density at radius 2 is 1.90 bits per heavy atom. The van der Waals surface area contributed by atoms with Crippen LogP contribution in [0.25, 0.3) is 0 Å². The van der Waals surface area contributed by atoms with E-state index >= 15 is 0 Å². The van der Waals surface area contributed by atoms with E-state index in [4.69, 9.17) is 4.74 Å². The van der Waals surface area contributed by atoms with E-state index in [0.717, 1.165) is 9.92 Å². The number of fused-ring (bicyclic) bond motifs is 2. The van der Waals surface area contributed by atoms with E-state index in [9.17, 15) is 9.59 Å². The molecule has 6 nitrogen and oxygen atoms in total. The van der Waals surface area contributed by atoms with Crippen LogP contribution in [-0.2, 0) is 4.79 Å². The van der Waals surface area contributed by atoms with Gasteiger partial charge in [-0.1, -0.05) is 36.0 Å². The summed E-state index contributed by atoms with van der Waals surface area (Å²) in [7, 11) is 1.56. The normalized spacial score (nSPS) is 12.6. The number of pyridine rings is 1. The standard InChI is InChI=1S/C22H19N3O3S/c1-28-18-10-4-3-8-16(18)24-20(26)12-14-25-17-9-6-13-23-21(17)29-19-11-5-2-7-15(19)22(25)27/h2-11,13H,12,14H2,1H3,(H,24,26). The van der Waals surface area contributed by atoms with Crippen LogP contribution in [-0.4, -0.2) is 30.5 Å². The third-order valence-electron chi connectivity index (χ3n) is 4.55. The molecule has 0 bridgehead atoms. The number of benzene rings is 2. The molecule has 1 aliphatic heterocycles. The van der Waals surface area contributed by atoms with Gasteiger partial charge in [0.25, 0.3) is 5.91 Å². The van der Waals surface area contributed by atoms with Gasteiger partial charge >= 0.3 is 0 Å². The maximum Gasteiger partial charge on any atom is 0.259 e. The number of carbonyl (C=O) groups excluding carboxylic acids is 2. The SMILES string of the molecule is COc1ccccc1NC(=O)CCN1C(=O)c2ccccc2Sc2ncccc21. The summed E-state index contributed by atoms with van der Waals surface area (Å²) in [5.41, 5.74) is 1.93. The van der Waals surface area contributed by atoms with Crippen molar-refractivity contribution in [3.63, 3.8) is 0 Å². The van der Waals surface area contributed by atoms with Crippen molar-refractivity contribution in [2.75, 3.05) is 23.9 Å². The molecule has 0 saturated heterocycles. The minimum atomic E-state index is -0.196. The number of hydrogen-bond donors (Lipinski definition) is 1. The van der Waals surface area contributed by atoms with Crippen molar-refractivity contribution in [1.29, 1.82) is 0 Å². The molecule has 0 aliphatic carbocycles. The van der Waals surface area contributed by atoms with Crippen LogP contribution >= 0.6 is 11.8 Å². The molecule has 146 valence electrons. The number of hydrogen-bond acceptors (Lipinski definition) is 5. The lowest BCUT2D eigenvalue weighted by atomic mass is 10.1. The van der Waals surface area contributed by atoms with Crippen molar-refractivity contribution < 1.29 is 14.3 Å². The number of anilines is 2. The number of nitrogens with zero attached hydrogens (tertiary/aromatic N) is 2. The van der Waals surface area contributed by atoms with Gasteiger partial charge in [-0.25, -0.2) is 4.98 Å². The number of ether oxygens (including phenoxy) is 1. The third-order valence-corrected chi connectivity index (χ3v) is 5.64. The van der Waals surface area contributed by atoms with Crippen LogP contribution < -0.4 is 15.0 Å². The Balaban J connectivity index is 1.56. The van der Waals surface area contributed by atoms with E-state index in [1.165, 1.54) is 11.8 Å². The maximum absolute atomic E-state index is 13.2. The quantitative estimate of drug-likeness (QED) is 0.688. The Hall–Kier alpha value is -3.32. The maximum atomic E-state index is 13.2. The molecule has 3 aromatic rings. The Labute approximate surface area is 172 Å². The summed E-state index contributed by atoms with van der Waals surface area (Å²) in [6.45, 7) is 0.243. The smallest absolute Gasteiger partial charge is 0.259 e. The number of methoxy groups -OCH3 is 1. The minimum Gasteiger partial charge on any atom is -0.495 e. The number of para-hydroxylation sites is 2. The fraction of sp³-hybridized carbons (Fsp3) is 0.136. The Morgan fingerprint density at radius 1 is 1.10 bits per heavy atom. The van der Waals surface area contributed by atoms with Crippen LogP contribution in [0.15, 0.2) is 76.8 Å². The molecule has 0 unspecified atom stereocenters. The molecular formula is C22H19N3O3S. The molecule has 4 rings (SSSR count). The Morgan fingerprint density at radius 3 is 2.76 bits per heavy atom. The largest absolute Gasteiger partial charge is 0.495 e. The monoisotopic (exact) mass is 405 g/mol. The highest BCUT2D eigenvalue weighted by Crippen LogP contribution is 2.39. The minimum absolute atomic E-state index is 0.134. The lowest BCUT2D eigenvalue weighted by molar-refractivity contribution is -0.116. The van der Waals surface area contributed by atoms with Crippen LogP contribution in [0, 0.1) is 0 Å². The molecule has 0 atom stereocenters. The first-order chi connectivity index (χ1) is 14.2. The molecule has 2 aromatic carbocycles. The number of aromatic nitrogens is 1. The topological polar surface area (TPSA) is 71.5 Å². The predicted molar refractivity (Wildman–Crippen MR) is 113 cm³/mol. The first-order valence-electron chi connectivity index (χ1n) is 9.14. The first-order valence-corrected chi connectivity index (χ1v) is 9.95. The summed E-state index contributed by atoms with van der Waals surface area (Å²) in [6.07, 6.45) is 1.85. The molecular weight excluding hydrogens is 386 g/mol. The zero-order valence-electron chi connectivity index (χ0n) is 15.8. The van der Waals surface area contributed by atoms with Crippen LogP contribution in [0.1, 0.15) is 16.8 Å². The third kappa shape index (κ3) is 3.95. The van der Waals surface area contributed by atoms with Crippen molar-refractivity contribution in [1.82, 2.24) is 4.98 Å². The second-order valence-electron chi connectivity index (χ2n) is 6.38. The lowest BCUT2D eigenvalue weighted by Crippen LogP contribution is -2.34. The Bertz CT molecular complexity index is 1070. The van der Waals surface area contributed by atoms with Gasteiger partial charge in [0.1, 0.15) is 10.8 Å². The van der Waals surface area contributed by atoms with Crippen molar-refractivity contribution >= 4 is 35.0 Å². The van der Waals surface area contributed by atoms with Crippen molar-refractivity contribution in [2.24, 2.45) is 0 Å². The van der Waals surface area contributed by atoms with Crippen LogP contribution in [0.2, 0.25) is 0 Å². The molecule has 7 heteroatoms. The molecule has 0 fully saturated rings. The van der Waals surface area contributed by atoms with Gasteiger partial charge < -0.3 is 15.0 Å². The van der Waals surface area contributed by atoms with Gasteiger partial charge in [-0.15, -0.1) is 0 Å². The van der Waals surface area contributed by atoms with Gasteiger partial charge in [0.05, 0.1) is 24.0 Å². The van der Waals surface area contributed by atoms with E-state index in [0.29, 0.717) is 22.7 Å². The molecule has 1 N–H and O–H groups in total. The average molecular weight is 405 g/mol. The summed E-state index contributed by atoms with van der Waals surface area (Å²) >= 11 is 1.46. The first kappa shape index (κ1) is 19.0. The van der Waals surface area contributed by atoms with Crippen molar-refractivity contribution in [3.05, 3.63) is 72.4 Å². The van der Waals surface area contributed by atoms with Crippen LogP contribution in [0.3, 0.4) is 0 Å². The molecule has 0 saturated carbocycles. The van der Waals surface area contributed by atoms with Gasteiger partial charge in [0.2, 0.25) is 5.91 Å². The fourth-order valence-corrected chi connectivity index (χ4v) is 4.17. The van der Waals surface area contributed by atoms with E-state index in [1.54, 1.807) is 42.5 Å². The zero-order chi connectivity index (χ0) is 20.2. The number of rotatable bonds is 5. The molecule has 1 aromatic heterocycles. The average Bonchev–Trinajstić information content (AvgIpc) is 2.87. The van der Waals surface area contributed by atoms with Gasteiger partial charge in [-0.2, -0.15) is 0 Å². The second-order valence-corrected chi connectivity index (χ2v) is 7.41. The Kier molecular flexibility index (Phi) is 5.48. The van der Waals surface area contributed by atoms with E-state index in [1.807, 2.05) is 36.4 Å². The molecule has 1 aliphatic rings. The molecule has 29 heavy (non-hydrogen) atoms. The number of amides is 2. The number of nitrogens with one attached hydrogen (secondary N) is 1. The van der Waals surface area contributed by atoms with Gasteiger partial charge in [0, 0.05) is 24.1 Å². The predicted octanol–water partition coefficient (Wildman–Crippen LogP) is 4.23. The van der Waals surface area contributed by atoms with Gasteiger partial charge in [0.15, 0.2) is 0 Å². The summed E-state index contributed by atoms with van der Waals surface area (Å²) in [4.78, 5) is 32.7. The summed E-state index contributed by atoms with van der Waals surface area (Å²) < 4.78 is 5.27. The number of carbonyl (C=O) groups is 2. The summed E-state index contributed by atoms with van der Waals surface area (Å²) in [6, 6.07) is 18.3. The summed E-state index contributed by atoms with van der Waals surface area (Å²) in [5, 5.41) is 3.60. The lowest BCUT2D eigenvalue weighted by Gasteiger charge is -2.22. The fourth-order valence-electron chi connectivity index (χ4n) is 3.15. The van der Waals surface area contributed by atoms with E-state index in [-0.39, 0.29) is 24.8 Å². The zero-order valence-corrected chi connectivity index (χ0v) is 16.6. The van der Waals surface area contributed by atoms with Crippen LogP contribution in [0.4, 0.5) is 11.4 Å². The van der Waals surface area contributed by atoms with Crippen LogP contribution in [0.5, 0.6) is 5.75 Å². The van der Waals surface area contributed by atoms with E-state index in [2.05, 4.69) is 10.3 Å². The van der Waals surface area contributed by atoms with Gasteiger partial charge in [-0.3, -0.25) is 9.59 Å². The van der Waals surface area contributed by atoms with Crippen molar-refractivity contribution in [2.45, 2.75) is 16.3 Å². The molecule has 2 heterocycles. The second kappa shape index (κ2) is 8.36. The van der Waals surface area contributed by atoms with Gasteiger partial charge in [-0.05, 0) is 36.4 Å². The highest BCUT2D eigenvalue weighted by atomic mass is 32.2. The molecule has 2 amide bonds. The highest BCUT2D eigenvalue weighted by Gasteiger charge is 2.28. The summed E-state index contributed by atoms with van der Waals surface area (Å²) in [5.74, 6) is 0.259. The van der Waals surface area contributed by atoms with E-state index < -0.39 is 0 Å². The molecule has 0 spiro atoms. The molecule has 0 radical (unpaired) electrons.